The fraction of sp³-hybridized carbons (Fsp3) is 0.241. The van der Waals surface area contributed by atoms with Crippen molar-refractivity contribution in [2.24, 2.45) is 10.2 Å². The van der Waals surface area contributed by atoms with E-state index in [1.807, 2.05) is 0 Å². The van der Waals surface area contributed by atoms with Crippen LogP contribution in [0.15, 0.2) is 68.7 Å². The van der Waals surface area contributed by atoms with Crippen LogP contribution in [0.2, 0.25) is 0 Å². The first-order valence-electron chi connectivity index (χ1n) is 14.5. The van der Waals surface area contributed by atoms with Crippen molar-refractivity contribution in [2.45, 2.75) is 48.3 Å². The minimum Gasteiger partial charge on any atom is -0.481 e. The van der Waals surface area contributed by atoms with E-state index in [1.165, 1.54) is 10.8 Å². The van der Waals surface area contributed by atoms with E-state index in [2.05, 4.69) is 35.7 Å². The van der Waals surface area contributed by atoms with Gasteiger partial charge in [-0.05, 0) is 48.9 Å². The number of hydrogen-bond donors (Lipinski definition) is 6. The van der Waals surface area contributed by atoms with E-state index in [4.69, 9.17) is 0 Å². The number of benzene rings is 2. The predicted molar refractivity (Wildman–Crippen MR) is 172 cm³/mol. The van der Waals surface area contributed by atoms with Crippen molar-refractivity contribution >= 4 is 66.0 Å². The van der Waals surface area contributed by atoms with Gasteiger partial charge in [0.15, 0.2) is 11.5 Å². The smallest absolute Gasteiger partial charge is 0.303 e. The number of carboxylic acids is 2. The Labute approximate surface area is 282 Å². The number of amides is 1. The quantitative estimate of drug-likeness (QED) is 0.0748. The van der Waals surface area contributed by atoms with E-state index in [1.54, 1.807) is 38.1 Å². The number of carbonyl (C=O) groups excluding carboxylic acids is 1. The number of H-pyrrole nitrogens is 1. The molecule has 0 saturated heterocycles. The van der Waals surface area contributed by atoms with Gasteiger partial charge in [-0.15, -0.1) is 15.3 Å². The first-order valence-corrected chi connectivity index (χ1v) is 17.4. The zero-order chi connectivity index (χ0) is 36.5. The molecular weight excluding hydrogens is 700 g/mol. The van der Waals surface area contributed by atoms with Crippen LogP contribution in [-0.2, 0) is 29.8 Å². The first kappa shape index (κ1) is 35.7. The van der Waals surface area contributed by atoms with Gasteiger partial charge >= 0.3 is 11.9 Å². The number of pyridine rings is 1. The van der Waals surface area contributed by atoms with Gasteiger partial charge in [-0.25, -0.2) is 4.98 Å². The summed E-state index contributed by atoms with van der Waals surface area (Å²) in [7, 11) is -9.84. The summed E-state index contributed by atoms with van der Waals surface area (Å²) >= 11 is 0. The van der Waals surface area contributed by atoms with E-state index in [0.717, 1.165) is 12.1 Å². The number of nitrogens with one attached hydrogen (secondary N) is 2. The number of hydrogen-bond acceptors (Lipinski definition) is 12. The molecule has 0 saturated carbocycles. The third-order valence-electron chi connectivity index (χ3n) is 7.53. The van der Waals surface area contributed by atoms with Gasteiger partial charge in [-0.3, -0.25) is 33.6 Å². The third kappa shape index (κ3) is 7.80. The summed E-state index contributed by atoms with van der Waals surface area (Å²) < 4.78 is 66.5. The summed E-state index contributed by atoms with van der Waals surface area (Å²) in [4.78, 5) is 42.8. The van der Waals surface area contributed by atoms with Crippen molar-refractivity contribution in [1.29, 1.82) is 0 Å². The van der Waals surface area contributed by atoms with E-state index in [-0.39, 0.29) is 18.0 Å². The molecule has 2 aromatic carbocycles. The Hall–Kier alpha value is -5.64. The highest BCUT2D eigenvalue weighted by atomic mass is 32.2. The Morgan fingerprint density at radius 1 is 0.960 bits per heavy atom. The molecule has 0 aliphatic rings. The molecule has 1 unspecified atom stereocenters. The molecule has 50 heavy (non-hydrogen) atoms. The van der Waals surface area contributed by atoms with E-state index >= 15 is 0 Å². The van der Waals surface area contributed by atoms with E-state index in [9.17, 15) is 50.5 Å². The zero-order valence-corrected chi connectivity index (χ0v) is 27.7. The lowest BCUT2D eigenvalue weighted by Crippen LogP contribution is -2.28. The van der Waals surface area contributed by atoms with Gasteiger partial charge in [-0.1, -0.05) is 13.0 Å². The number of azo groups is 1. The molecule has 1 atom stereocenters. The van der Waals surface area contributed by atoms with Gasteiger partial charge in [0.1, 0.15) is 0 Å². The van der Waals surface area contributed by atoms with Crippen molar-refractivity contribution < 1.29 is 50.5 Å². The topological polar surface area (TPSA) is 296 Å². The average Bonchev–Trinajstić information content (AvgIpc) is 3.57. The highest BCUT2D eigenvalue weighted by Gasteiger charge is 2.24. The van der Waals surface area contributed by atoms with Gasteiger partial charge in [0.25, 0.3) is 26.1 Å². The number of aliphatic carboxylic acids is 2. The minimum absolute atomic E-state index is 0.102. The van der Waals surface area contributed by atoms with Crippen LogP contribution in [0.4, 0.5) is 11.4 Å². The van der Waals surface area contributed by atoms with Crippen LogP contribution in [0.1, 0.15) is 59.0 Å². The van der Waals surface area contributed by atoms with Gasteiger partial charge in [-0.2, -0.15) is 21.5 Å². The molecule has 0 spiro atoms. The Balaban J connectivity index is 1.39. The molecule has 21 heteroatoms. The number of aryl methyl sites for hydroxylation is 1. The summed E-state index contributed by atoms with van der Waals surface area (Å²) in [6.07, 6.45) is 0.680. The van der Waals surface area contributed by atoms with Crippen molar-refractivity contribution in [3.05, 3.63) is 71.3 Å². The molecule has 3 heterocycles. The molecule has 5 rings (SSSR count). The van der Waals surface area contributed by atoms with Gasteiger partial charge < -0.3 is 15.5 Å². The van der Waals surface area contributed by atoms with Gasteiger partial charge in [0, 0.05) is 35.5 Å². The maximum Gasteiger partial charge on any atom is 0.303 e. The lowest BCUT2D eigenvalue weighted by Gasteiger charge is -2.15. The molecule has 0 bridgehead atoms. The van der Waals surface area contributed by atoms with Crippen LogP contribution in [0, 0.1) is 6.92 Å². The number of nitrogens with zero attached hydrogens (tertiary/aromatic N) is 6. The summed E-state index contributed by atoms with van der Waals surface area (Å²) in [5.41, 5.74) is 1.87. The lowest BCUT2D eigenvalue weighted by atomic mass is 9.90. The Kier molecular flexibility index (Phi) is 9.77. The maximum atomic E-state index is 12.8. The highest BCUT2D eigenvalue weighted by molar-refractivity contribution is 7.86. The van der Waals surface area contributed by atoms with Crippen molar-refractivity contribution in [3.8, 4) is 0 Å². The number of fused-ring (bicyclic) bond motifs is 2. The first-order chi connectivity index (χ1) is 23.4. The highest BCUT2D eigenvalue weighted by Crippen LogP contribution is 2.36. The predicted octanol–water partition coefficient (Wildman–Crippen LogP) is 3.39. The van der Waals surface area contributed by atoms with E-state index < -0.39 is 78.1 Å². The summed E-state index contributed by atoms with van der Waals surface area (Å²) in [6.45, 7) is 3.28. The third-order valence-corrected chi connectivity index (χ3v) is 9.19. The molecule has 262 valence electrons. The second kappa shape index (κ2) is 13.7. The summed E-state index contributed by atoms with van der Waals surface area (Å²) in [6, 6.07) is 8.52. The number of rotatable bonds is 13. The molecule has 1 amide bonds. The molecule has 3 aromatic heterocycles. The average molecular weight is 729 g/mol. The van der Waals surface area contributed by atoms with Crippen LogP contribution in [-0.4, -0.2) is 85.3 Å². The van der Waals surface area contributed by atoms with Crippen molar-refractivity contribution in [3.63, 3.8) is 0 Å². The maximum absolute atomic E-state index is 12.8. The second-order valence-corrected chi connectivity index (χ2v) is 14.1. The largest absolute Gasteiger partial charge is 0.481 e. The van der Waals surface area contributed by atoms with Crippen LogP contribution in [0.25, 0.3) is 16.6 Å². The minimum atomic E-state index is -4.92. The van der Waals surface area contributed by atoms with Crippen LogP contribution >= 0.6 is 0 Å². The number of carbonyl (C=O) groups is 3. The lowest BCUT2D eigenvalue weighted by molar-refractivity contribution is -0.139. The Bertz CT molecular complexity index is 2360. The number of carboxylic acid groups (broad SMARTS) is 2. The molecular formula is C29H28N8O11S2. The summed E-state index contributed by atoms with van der Waals surface area (Å²) in [5, 5.41) is 37.9. The molecule has 6 N–H and O–H groups in total. The molecule has 0 fully saturated rings. The van der Waals surface area contributed by atoms with Crippen LogP contribution in [0.3, 0.4) is 0 Å². The number of aromatic nitrogens is 5. The second-order valence-electron chi connectivity index (χ2n) is 11.2. The zero-order valence-electron chi connectivity index (χ0n) is 26.0. The normalized spacial score (nSPS) is 13.0. The van der Waals surface area contributed by atoms with Gasteiger partial charge in [0.05, 0.1) is 39.5 Å². The van der Waals surface area contributed by atoms with Crippen LogP contribution < -0.4 is 5.32 Å². The Morgan fingerprint density at radius 2 is 1.60 bits per heavy atom. The standard InChI is InChI=1S/C29H28N8O11S2/c1-14(13-31-29(42)17-8-18(49(43,44)45)12-19(9-17)50(46,47)48)27-32-28-25(15(2)35-37(28)36-27)34-33-22-6-5-20(26-21(22)4-3-7-30-26)16(10-23(38)39)11-24(40)41/h3-9,12,14,16,35H,10-11,13H2,1-2H3,(H,31,42)(H,38,39)(H,40,41)(H,43,44,45)(H,46,47,48). The molecule has 0 radical (unpaired) electrons. The fourth-order valence-corrected chi connectivity index (χ4v) is 6.30. The summed E-state index contributed by atoms with van der Waals surface area (Å²) in [5.74, 6) is -4.35. The number of aromatic amines is 1. The molecule has 5 aromatic rings. The van der Waals surface area contributed by atoms with Crippen LogP contribution in [0.5, 0.6) is 0 Å². The molecule has 0 aliphatic heterocycles. The van der Waals surface area contributed by atoms with Crippen molar-refractivity contribution in [2.75, 3.05) is 6.54 Å². The van der Waals surface area contributed by atoms with Crippen molar-refractivity contribution in [1.82, 2.24) is 30.1 Å². The van der Waals surface area contributed by atoms with Gasteiger partial charge in [0.2, 0.25) is 5.65 Å². The Morgan fingerprint density at radius 3 is 2.20 bits per heavy atom. The van der Waals surface area contributed by atoms with E-state index in [0.29, 0.717) is 39.6 Å². The molecule has 19 nitrogen and oxygen atoms in total. The molecule has 0 aliphatic carbocycles. The fourth-order valence-electron chi connectivity index (χ4n) is 5.12. The SMILES string of the molecule is Cc1[nH]n2nc(C(C)CNC(=O)c3cc(S(=O)(=O)O)cc(S(=O)(=O)O)c3)nc2c1N=Nc1ccc(C(CC(=O)O)CC(=O)O)c2ncccc12. The monoisotopic (exact) mass is 728 g/mol.